The van der Waals surface area contributed by atoms with Gasteiger partial charge in [-0.1, -0.05) is 23.6 Å². The summed E-state index contributed by atoms with van der Waals surface area (Å²) < 4.78 is 0. The standard InChI is InChI=1S/C10H7ClO2/c11-10-4-3-8(7-13)6-9(10)2-1-5-12/h3-6,13H,7H2. The zero-order valence-corrected chi connectivity index (χ0v) is 7.51. The van der Waals surface area contributed by atoms with E-state index in [1.54, 1.807) is 18.2 Å². The van der Waals surface area contributed by atoms with Gasteiger partial charge in [-0.3, -0.25) is 4.79 Å². The molecule has 3 heteroatoms. The van der Waals surface area contributed by atoms with Gasteiger partial charge in [0.25, 0.3) is 0 Å². The zero-order chi connectivity index (χ0) is 9.68. The van der Waals surface area contributed by atoms with Crippen molar-refractivity contribution in [2.75, 3.05) is 0 Å². The molecule has 0 unspecified atom stereocenters. The van der Waals surface area contributed by atoms with Crippen LogP contribution in [0.1, 0.15) is 11.1 Å². The largest absolute Gasteiger partial charge is 0.392 e. The Morgan fingerprint density at radius 3 is 2.92 bits per heavy atom. The molecule has 66 valence electrons. The fourth-order valence-corrected chi connectivity index (χ4v) is 1.04. The van der Waals surface area contributed by atoms with Crippen LogP contribution in [0.25, 0.3) is 0 Å². The van der Waals surface area contributed by atoms with Crippen molar-refractivity contribution in [3.05, 3.63) is 34.3 Å². The Kier molecular flexibility index (Phi) is 3.51. The minimum Gasteiger partial charge on any atom is -0.392 e. The molecular formula is C10H7ClO2. The number of aldehydes is 1. The Morgan fingerprint density at radius 2 is 2.31 bits per heavy atom. The van der Waals surface area contributed by atoms with E-state index in [2.05, 4.69) is 11.8 Å². The maximum absolute atomic E-state index is 9.98. The minimum absolute atomic E-state index is 0.0626. The third kappa shape index (κ3) is 2.59. The summed E-state index contributed by atoms with van der Waals surface area (Å²) in [6, 6.07) is 5.00. The van der Waals surface area contributed by atoms with Crippen molar-refractivity contribution in [3.8, 4) is 11.8 Å². The molecule has 0 atom stereocenters. The van der Waals surface area contributed by atoms with Crippen molar-refractivity contribution < 1.29 is 9.90 Å². The number of hydrogen-bond donors (Lipinski definition) is 1. The molecule has 0 fully saturated rings. The number of aliphatic hydroxyl groups excluding tert-OH is 1. The van der Waals surface area contributed by atoms with E-state index < -0.39 is 0 Å². The first-order chi connectivity index (χ1) is 6.27. The number of hydrogen-bond acceptors (Lipinski definition) is 2. The second-order valence-corrected chi connectivity index (χ2v) is 2.77. The van der Waals surface area contributed by atoms with E-state index in [4.69, 9.17) is 16.7 Å². The van der Waals surface area contributed by atoms with Crippen LogP contribution in [-0.2, 0) is 11.4 Å². The molecule has 0 aromatic heterocycles. The number of halogens is 1. The number of aliphatic hydroxyl groups is 1. The smallest absolute Gasteiger partial charge is 0.193 e. The highest BCUT2D eigenvalue weighted by Crippen LogP contribution is 2.16. The predicted octanol–water partition coefficient (Wildman–Crippen LogP) is 1.38. The molecular weight excluding hydrogens is 188 g/mol. The van der Waals surface area contributed by atoms with Gasteiger partial charge in [0, 0.05) is 5.56 Å². The van der Waals surface area contributed by atoms with Crippen LogP contribution in [-0.4, -0.2) is 11.4 Å². The van der Waals surface area contributed by atoms with E-state index in [1.165, 1.54) is 0 Å². The normalized spacial score (nSPS) is 8.77. The van der Waals surface area contributed by atoms with Gasteiger partial charge >= 0.3 is 0 Å². The summed E-state index contributed by atoms with van der Waals surface area (Å²) >= 11 is 5.79. The molecule has 0 saturated carbocycles. The van der Waals surface area contributed by atoms with E-state index in [0.29, 0.717) is 16.9 Å². The van der Waals surface area contributed by atoms with Gasteiger partial charge in [0.05, 0.1) is 11.6 Å². The first-order valence-corrected chi connectivity index (χ1v) is 4.00. The van der Waals surface area contributed by atoms with Crippen LogP contribution in [0.15, 0.2) is 18.2 Å². The highest BCUT2D eigenvalue weighted by Gasteiger charge is 1.97. The molecule has 13 heavy (non-hydrogen) atoms. The second-order valence-electron chi connectivity index (χ2n) is 2.36. The maximum Gasteiger partial charge on any atom is 0.193 e. The first-order valence-electron chi connectivity index (χ1n) is 3.62. The van der Waals surface area contributed by atoms with Crippen molar-refractivity contribution in [2.24, 2.45) is 0 Å². The van der Waals surface area contributed by atoms with Crippen LogP contribution < -0.4 is 0 Å². The molecule has 2 nitrogen and oxygen atoms in total. The predicted molar refractivity (Wildman–Crippen MR) is 50.3 cm³/mol. The third-order valence-electron chi connectivity index (χ3n) is 1.48. The third-order valence-corrected chi connectivity index (χ3v) is 1.81. The lowest BCUT2D eigenvalue weighted by molar-refractivity contribution is -0.103. The van der Waals surface area contributed by atoms with Gasteiger partial charge in [-0.2, -0.15) is 0 Å². The van der Waals surface area contributed by atoms with Crippen LogP contribution in [0, 0.1) is 11.8 Å². The Hall–Kier alpha value is -1.30. The summed E-state index contributed by atoms with van der Waals surface area (Å²) in [5.74, 6) is 4.84. The fraction of sp³-hybridized carbons (Fsp3) is 0.100. The molecule has 0 bridgehead atoms. The lowest BCUT2D eigenvalue weighted by Crippen LogP contribution is -1.85. The molecule has 1 N–H and O–H groups in total. The topological polar surface area (TPSA) is 37.3 Å². The molecule has 0 saturated heterocycles. The number of benzene rings is 1. The number of carbonyl (C=O) groups excluding carboxylic acids is 1. The average Bonchev–Trinajstić information content (AvgIpc) is 2.17. The quantitative estimate of drug-likeness (QED) is 0.542. The van der Waals surface area contributed by atoms with Gasteiger partial charge in [-0.25, -0.2) is 0 Å². The lowest BCUT2D eigenvalue weighted by Gasteiger charge is -1.98. The fourth-order valence-electron chi connectivity index (χ4n) is 0.874. The van der Waals surface area contributed by atoms with Gasteiger partial charge in [-0.05, 0) is 23.6 Å². The SMILES string of the molecule is O=CC#Cc1cc(CO)ccc1Cl. The molecule has 0 aliphatic heterocycles. The van der Waals surface area contributed by atoms with Gasteiger partial charge in [0.15, 0.2) is 6.29 Å². The van der Waals surface area contributed by atoms with Crippen molar-refractivity contribution in [1.82, 2.24) is 0 Å². The molecule has 0 spiro atoms. The summed E-state index contributed by atoms with van der Waals surface area (Å²) in [6.45, 7) is -0.0626. The Labute approximate surface area is 81.1 Å². The van der Waals surface area contributed by atoms with Crippen molar-refractivity contribution in [2.45, 2.75) is 6.61 Å². The van der Waals surface area contributed by atoms with Crippen LogP contribution in [0.4, 0.5) is 0 Å². The monoisotopic (exact) mass is 194 g/mol. The van der Waals surface area contributed by atoms with E-state index >= 15 is 0 Å². The van der Waals surface area contributed by atoms with Gasteiger partial charge in [0.1, 0.15) is 0 Å². The number of rotatable bonds is 1. The van der Waals surface area contributed by atoms with Crippen molar-refractivity contribution in [3.63, 3.8) is 0 Å². The van der Waals surface area contributed by atoms with Crippen molar-refractivity contribution >= 4 is 17.9 Å². The second kappa shape index (κ2) is 4.66. The molecule has 1 aromatic rings. The summed E-state index contributed by atoms with van der Waals surface area (Å²) in [5.41, 5.74) is 1.28. The summed E-state index contributed by atoms with van der Waals surface area (Å²) in [5, 5.41) is 9.30. The molecule has 0 radical (unpaired) electrons. The van der Waals surface area contributed by atoms with Gasteiger partial charge in [0.2, 0.25) is 0 Å². The molecule has 0 amide bonds. The molecule has 1 aromatic carbocycles. The van der Waals surface area contributed by atoms with E-state index in [1.807, 2.05) is 0 Å². The Bertz CT molecular complexity index is 374. The molecule has 0 aliphatic rings. The first kappa shape index (κ1) is 9.79. The summed E-state index contributed by atoms with van der Waals surface area (Å²) in [4.78, 5) is 9.98. The zero-order valence-electron chi connectivity index (χ0n) is 6.75. The maximum atomic E-state index is 9.98. The molecule has 0 aliphatic carbocycles. The molecule has 0 heterocycles. The summed E-state index contributed by atoms with van der Waals surface area (Å²) in [7, 11) is 0. The molecule has 1 rings (SSSR count). The van der Waals surface area contributed by atoms with E-state index in [0.717, 1.165) is 5.56 Å². The average molecular weight is 195 g/mol. The highest BCUT2D eigenvalue weighted by molar-refractivity contribution is 6.31. The van der Waals surface area contributed by atoms with Gasteiger partial charge in [-0.15, -0.1) is 0 Å². The van der Waals surface area contributed by atoms with Gasteiger partial charge < -0.3 is 5.11 Å². The van der Waals surface area contributed by atoms with Crippen LogP contribution in [0.3, 0.4) is 0 Å². The van der Waals surface area contributed by atoms with Crippen LogP contribution in [0.5, 0.6) is 0 Å². The lowest BCUT2D eigenvalue weighted by atomic mass is 10.1. The summed E-state index contributed by atoms with van der Waals surface area (Å²) in [6.07, 6.45) is 0.502. The minimum atomic E-state index is -0.0626. The van der Waals surface area contributed by atoms with Crippen LogP contribution in [0.2, 0.25) is 5.02 Å². The van der Waals surface area contributed by atoms with Crippen LogP contribution >= 0.6 is 11.6 Å². The highest BCUT2D eigenvalue weighted by atomic mass is 35.5. The van der Waals surface area contributed by atoms with E-state index in [9.17, 15) is 4.79 Å². The Balaban J connectivity index is 3.10. The Morgan fingerprint density at radius 1 is 1.54 bits per heavy atom. The van der Waals surface area contributed by atoms with Crippen molar-refractivity contribution in [1.29, 1.82) is 0 Å². The number of carbonyl (C=O) groups is 1. The van der Waals surface area contributed by atoms with E-state index in [-0.39, 0.29) is 6.61 Å².